The van der Waals surface area contributed by atoms with Gasteiger partial charge in [0, 0.05) is 30.3 Å². The number of ether oxygens (including phenoxy) is 2. The summed E-state index contributed by atoms with van der Waals surface area (Å²) < 4.78 is 11.6. The molecule has 0 unspecified atom stereocenters. The molecule has 2 amide bonds. The number of carbonyl (C=O) groups is 2. The summed E-state index contributed by atoms with van der Waals surface area (Å²) in [5.74, 6) is 0.482. The van der Waals surface area contributed by atoms with E-state index in [0.717, 1.165) is 5.56 Å². The van der Waals surface area contributed by atoms with Gasteiger partial charge in [0.25, 0.3) is 5.91 Å². The summed E-state index contributed by atoms with van der Waals surface area (Å²) >= 11 is 0. The molecule has 3 aromatic rings. The zero-order valence-corrected chi connectivity index (χ0v) is 21.4. The molecule has 0 aliphatic rings. The molecule has 3 aromatic carbocycles. The first-order chi connectivity index (χ1) is 17.4. The third-order valence-corrected chi connectivity index (χ3v) is 5.55. The Morgan fingerprint density at radius 2 is 1.33 bits per heavy atom. The Morgan fingerprint density at radius 1 is 0.806 bits per heavy atom. The molecule has 0 aliphatic heterocycles. The number of amides is 2. The number of hydrogen-bond donors (Lipinski definition) is 2. The summed E-state index contributed by atoms with van der Waals surface area (Å²) in [6.45, 7) is 9.54. The fourth-order valence-corrected chi connectivity index (χ4v) is 3.70. The van der Waals surface area contributed by atoms with Crippen molar-refractivity contribution in [2.75, 3.05) is 30.4 Å². The van der Waals surface area contributed by atoms with E-state index < -0.39 is 0 Å². The molecule has 0 spiro atoms. The van der Waals surface area contributed by atoms with Crippen molar-refractivity contribution in [3.8, 4) is 11.5 Å². The SMILES string of the molecule is CCOc1cc(NC(=O)c2ccccc2)c(OCC)cc1NC(=O)CN(Cc1ccccc1)C(C)C. The normalized spacial score (nSPS) is 10.8. The molecule has 0 heterocycles. The van der Waals surface area contributed by atoms with Crippen molar-refractivity contribution in [1.82, 2.24) is 4.90 Å². The van der Waals surface area contributed by atoms with Crippen LogP contribution in [-0.4, -0.2) is 42.5 Å². The van der Waals surface area contributed by atoms with Gasteiger partial charge in [-0.25, -0.2) is 0 Å². The first-order valence-electron chi connectivity index (χ1n) is 12.3. The van der Waals surface area contributed by atoms with Crippen molar-refractivity contribution >= 4 is 23.2 Å². The predicted molar refractivity (Wildman–Crippen MR) is 144 cm³/mol. The molecule has 7 heteroatoms. The Morgan fingerprint density at radius 3 is 1.86 bits per heavy atom. The smallest absolute Gasteiger partial charge is 0.255 e. The molecule has 0 aromatic heterocycles. The molecular weight excluding hydrogens is 454 g/mol. The average Bonchev–Trinajstić information content (AvgIpc) is 2.87. The second kappa shape index (κ2) is 13.3. The third kappa shape index (κ3) is 7.58. The number of anilines is 2. The number of hydrogen-bond acceptors (Lipinski definition) is 5. The molecule has 0 radical (unpaired) electrons. The van der Waals surface area contributed by atoms with Crippen LogP contribution in [0.1, 0.15) is 43.6 Å². The van der Waals surface area contributed by atoms with Crippen molar-refractivity contribution in [2.45, 2.75) is 40.3 Å². The van der Waals surface area contributed by atoms with Gasteiger partial charge in [-0.15, -0.1) is 0 Å². The van der Waals surface area contributed by atoms with Crippen LogP contribution in [0.5, 0.6) is 11.5 Å². The van der Waals surface area contributed by atoms with Gasteiger partial charge < -0.3 is 20.1 Å². The van der Waals surface area contributed by atoms with Crippen LogP contribution < -0.4 is 20.1 Å². The monoisotopic (exact) mass is 489 g/mol. The van der Waals surface area contributed by atoms with Gasteiger partial charge in [0.05, 0.1) is 31.1 Å². The lowest BCUT2D eigenvalue weighted by atomic mass is 10.1. The van der Waals surface area contributed by atoms with E-state index in [-0.39, 0.29) is 24.4 Å². The fourth-order valence-electron chi connectivity index (χ4n) is 3.70. The number of nitrogens with one attached hydrogen (secondary N) is 2. The van der Waals surface area contributed by atoms with Crippen LogP contribution in [0.15, 0.2) is 72.8 Å². The molecule has 0 bridgehead atoms. The maximum atomic E-state index is 13.1. The van der Waals surface area contributed by atoms with E-state index in [9.17, 15) is 9.59 Å². The summed E-state index contributed by atoms with van der Waals surface area (Å²) in [4.78, 5) is 27.9. The van der Waals surface area contributed by atoms with Crippen molar-refractivity contribution < 1.29 is 19.1 Å². The minimum atomic E-state index is -0.260. The van der Waals surface area contributed by atoms with Crippen molar-refractivity contribution in [3.63, 3.8) is 0 Å². The molecule has 0 saturated heterocycles. The predicted octanol–water partition coefficient (Wildman–Crippen LogP) is 5.59. The minimum Gasteiger partial charge on any atom is -0.492 e. The zero-order chi connectivity index (χ0) is 25.9. The second-order valence-electron chi connectivity index (χ2n) is 8.56. The van der Waals surface area contributed by atoms with Crippen LogP contribution in [0, 0.1) is 0 Å². The Balaban J connectivity index is 1.81. The lowest BCUT2D eigenvalue weighted by molar-refractivity contribution is -0.117. The number of benzene rings is 3. The van der Waals surface area contributed by atoms with E-state index in [1.807, 2.05) is 38.1 Å². The van der Waals surface area contributed by atoms with E-state index in [2.05, 4.69) is 41.5 Å². The van der Waals surface area contributed by atoms with Crippen LogP contribution in [0.25, 0.3) is 0 Å². The third-order valence-electron chi connectivity index (χ3n) is 5.55. The highest BCUT2D eigenvalue weighted by Gasteiger charge is 2.19. The highest BCUT2D eigenvalue weighted by atomic mass is 16.5. The molecule has 3 rings (SSSR count). The van der Waals surface area contributed by atoms with Gasteiger partial charge in [-0.05, 0) is 45.4 Å². The molecule has 2 N–H and O–H groups in total. The van der Waals surface area contributed by atoms with Crippen LogP contribution in [-0.2, 0) is 11.3 Å². The summed E-state index contributed by atoms with van der Waals surface area (Å²) in [5.41, 5.74) is 2.64. The molecule has 0 atom stereocenters. The van der Waals surface area contributed by atoms with Crippen molar-refractivity contribution in [1.29, 1.82) is 0 Å². The summed E-state index contributed by atoms with van der Waals surface area (Å²) in [7, 11) is 0. The van der Waals surface area contributed by atoms with E-state index in [1.54, 1.807) is 36.4 Å². The molecule has 190 valence electrons. The zero-order valence-electron chi connectivity index (χ0n) is 21.4. The van der Waals surface area contributed by atoms with E-state index in [1.165, 1.54) is 0 Å². The van der Waals surface area contributed by atoms with Gasteiger partial charge in [0.2, 0.25) is 5.91 Å². The highest BCUT2D eigenvalue weighted by Crippen LogP contribution is 2.37. The van der Waals surface area contributed by atoms with Crippen molar-refractivity contribution in [3.05, 3.63) is 83.9 Å². The maximum absolute atomic E-state index is 13.1. The first kappa shape index (κ1) is 26.8. The standard InChI is InChI=1S/C29H35N3O4/c1-5-35-26-18-25(31-29(34)23-15-11-8-12-16-23)27(36-6-2)17-24(26)30-28(33)20-32(21(3)4)19-22-13-9-7-10-14-22/h7-18,21H,5-6,19-20H2,1-4H3,(H,30,33)(H,31,34). The summed E-state index contributed by atoms with van der Waals surface area (Å²) in [6.07, 6.45) is 0. The van der Waals surface area contributed by atoms with Crippen LogP contribution in [0.2, 0.25) is 0 Å². The van der Waals surface area contributed by atoms with Crippen LogP contribution >= 0.6 is 0 Å². The Labute approximate surface area is 213 Å². The average molecular weight is 490 g/mol. The van der Waals surface area contributed by atoms with Crippen LogP contribution in [0.4, 0.5) is 11.4 Å². The van der Waals surface area contributed by atoms with Gasteiger partial charge in [0.15, 0.2) is 0 Å². The maximum Gasteiger partial charge on any atom is 0.255 e. The largest absolute Gasteiger partial charge is 0.492 e. The minimum absolute atomic E-state index is 0.163. The van der Waals surface area contributed by atoms with Gasteiger partial charge >= 0.3 is 0 Å². The number of rotatable bonds is 12. The molecular formula is C29H35N3O4. The Hall–Kier alpha value is -3.84. The summed E-state index contributed by atoms with van der Waals surface area (Å²) in [5, 5.41) is 5.88. The molecule has 0 fully saturated rings. The highest BCUT2D eigenvalue weighted by molar-refractivity contribution is 6.05. The lowest BCUT2D eigenvalue weighted by Gasteiger charge is -2.26. The number of carbonyl (C=O) groups excluding carboxylic acids is 2. The van der Waals surface area contributed by atoms with Crippen molar-refractivity contribution in [2.24, 2.45) is 0 Å². The molecule has 7 nitrogen and oxygen atoms in total. The summed E-state index contributed by atoms with van der Waals surface area (Å²) in [6, 6.07) is 22.6. The first-order valence-corrected chi connectivity index (χ1v) is 12.3. The molecule has 36 heavy (non-hydrogen) atoms. The molecule has 0 saturated carbocycles. The molecule has 0 aliphatic carbocycles. The van der Waals surface area contributed by atoms with E-state index >= 15 is 0 Å². The van der Waals surface area contributed by atoms with Gasteiger partial charge in [-0.2, -0.15) is 0 Å². The quantitative estimate of drug-likeness (QED) is 0.347. The Kier molecular flexibility index (Phi) is 9.89. The second-order valence-corrected chi connectivity index (χ2v) is 8.56. The Bertz CT molecular complexity index is 1130. The number of nitrogens with zero attached hydrogens (tertiary/aromatic N) is 1. The topological polar surface area (TPSA) is 79.9 Å². The van der Waals surface area contributed by atoms with Gasteiger partial charge in [0.1, 0.15) is 11.5 Å². The lowest BCUT2D eigenvalue weighted by Crippen LogP contribution is -2.37. The fraction of sp³-hybridized carbons (Fsp3) is 0.310. The van der Waals surface area contributed by atoms with Gasteiger partial charge in [-0.3, -0.25) is 14.5 Å². The van der Waals surface area contributed by atoms with Crippen LogP contribution in [0.3, 0.4) is 0 Å². The van der Waals surface area contributed by atoms with Gasteiger partial charge in [-0.1, -0.05) is 48.5 Å². The van der Waals surface area contributed by atoms with E-state index in [4.69, 9.17) is 9.47 Å². The van der Waals surface area contributed by atoms with E-state index in [0.29, 0.717) is 48.2 Å².